The monoisotopic (exact) mass is 225 g/mol. The highest BCUT2D eigenvalue weighted by Crippen LogP contribution is 2.33. The fourth-order valence-corrected chi connectivity index (χ4v) is 2.55. The van der Waals surface area contributed by atoms with Crippen LogP contribution in [0.4, 0.5) is 0 Å². The number of hydrogen-bond donors (Lipinski definition) is 1. The quantitative estimate of drug-likeness (QED) is 0.792. The van der Waals surface area contributed by atoms with E-state index in [1.54, 1.807) is 0 Å². The van der Waals surface area contributed by atoms with Crippen molar-refractivity contribution in [2.45, 2.75) is 51.6 Å². The second kappa shape index (κ2) is 5.17. The van der Waals surface area contributed by atoms with Crippen molar-refractivity contribution in [3.05, 3.63) is 0 Å². The van der Waals surface area contributed by atoms with Gasteiger partial charge in [-0.15, -0.1) is 0 Å². The molecule has 1 aliphatic carbocycles. The Bertz CT molecular complexity index is 250. The maximum Gasteiger partial charge on any atom is 0.222 e. The van der Waals surface area contributed by atoms with E-state index in [0.717, 1.165) is 32.2 Å². The predicted octanol–water partition coefficient (Wildman–Crippen LogP) is 1.80. The molecule has 2 atom stereocenters. The third-order valence-electron chi connectivity index (χ3n) is 4.08. The van der Waals surface area contributed by atoms with Crippen molar-refractivity contribution in [3.63, 3.8) is 0 Å². The van der Waals surface area contributed by atoms with Gasteiger partial charge in [0.1, 0.15) is 0 Å². The number of hydrogen-bond acceptors (Lipinski definition) is 2. The first kappa shape index (κ1) is 11.9. The van der Waals surface area contributed by atoms with E-state index >= 15 is 0 Å². The fourth-order valence-electron chi connectivity index (χ4n) is 2.55. The van der Waals surface area contributed by atoms with E-state index in [9.17, 15) is 9.90 Å². The number of nitrogens with zero attached hydrogens (tertiary/aromatic N) is 1. The Morgan fingerprint density at radius 2 is 2.12 bits per heavy atom. The SMILES string of the molecule is CCC1CCC(=O)N(CC(O)C2CC2)CC1. The Morgan fingerprint density at radius 3 is 2.75 bits per heavy atom. The van der Waals surface area contributed by atoms with Crippen molar-refractivity contribution >= 4 is 5.91 Å². The normalized spacial score (nSPS) is 29.0. The molecule has 0 bridgehead atoms. The molecule has 3 nitrogen and oxygen atoms in total. The van der Waals surface area contributed by atoms with Gasteiger partial charge in [-0.3, -0.25) is 4.79 Å². The third kappa shape index (κ3) is 2.97. The minimum absolute atomic E-state index is 0.246. The number of carbonyl (C=O) groups is 1. The van der Waals surface area contributed by atoms with Crippen molar-refractivity contribution in [2.75, 3.05) is 13.1 Å². The first-order chi connectivity index (χ1) is 7.70. The van der Waals surface area contributed by atoms with E-state index in [1.807, 2.05) is 4.90 Å². The lowest BCUT2D eigenvalue weighted by Crippen LogP contribution is -2.38. The number of carbonyl (C=O) groups excluding carboxylic acids is 1. The number of likely N-dealkylation sites (tertiary alicyclic amines) is 1. The molecular formula is C13H23NO2. The van der Waals surface area contributed by atoms with E-state index in [-0.39, 0.29) is 12.0 Å². The van der Waals surface area contributed by atoms with Gasteiger partial charge in [0.25, 0.3) is 0 Å². The van der Waals surface area contributed by atoms with Crippen LogP contribution in [0.1, 0.15) is 45.4 Å². The molecule has 2 fully saturated rings. The van der Waals surface area contributed by atoms with Crippen LogP contribution in [0, 0.1) is 11.8 Å². The van der Waals surface area contributed by atoms with Gasteiger partial charge in [0.05, 0.1) is 6.10 Å². The first-order valence-electron chi connectivity index (χ1n) is 6.66. The number of rotatable bonds is 4. The Morgan fingerprint density at radius 1 is 1.38 bits per heavy atom. The van der Waals surface area contributed by atoms with Crippen LogP contribution in [0.2, 0.25) is 0 Å². The molecule has 1 aliphatic heterocycles. The van der Waals surface area contributed by atoms with Crippen LogP contribution in [-0.2, 0) is 4.79 Å². The first-order valence-corrected chi connectivity index (χ1v) is 6.66. The van der Waals surface area contributed by atoms with Gasteiger partial charge >= 0.3 is 0 Å². The standard InChI is InChI=1S/C13H23NO2/c1-2-10-3-6-13(16)14(8-7-10)9-12(15)11-4-5-11/h10-12,15H,2-9H2,1H3. The summed E-state index contributed by atoms with van der Waals surface area (Å²) in [5.74, 6) is 1.42. The molecule has 1 saturated carbocycles. The van der Waals surface area contributed by atoms with Crippen LogP contribution in [0.5, 0.6) is 0 Å². The average Bonchev–Trinajstić information content (AvgIpc) is 3.09. The number of aliphatic hydroxyl groups excluding tert-OH is 1. The van der Waals surface area contributed by atoms with Gasteiger partial charge in [-0.1, -0.05) is 13.3 Å². The topological polar surface area (TPSA) is 40.5 Å². The fraction of sp³-hybridized carbons (Fsp3) is 0.923. The average molecular weight is 225 g/mol. The van der Waals surface area contributed by atoms with Crippen LogP contribution < -0.4 is 0 Å². The molecule has 92 valence electrons. The van der Waals surface area contributed by atoms with Crippen LogP contribution in [-0.4, -0.2) is 35.1 Å². The largest absolute Gasteiger partial charge is 0.391 e. The molecule has 16 heavy (non-hydrogen) atoms. The van der Waals surface area contributed by atoms with Crippen molar-refractivity contribution in [3.8, 4) is 0 Å². The Kier molecular flexibility index (Phi) is 3.85. The molecule has 1 N–H and O–H groups in total. The van der Waals surface area contributed by atoms with Gasteiger partial charge in [0, 0.05) is 19.5 Å². The van der Waals surface area contributed by atoms with Gasteiger partial charge in [0.2, 0.25) is 5.91 Å². The molecule has 2 rings (SSSR count). The summed E-state index contributed by atoms with van der Waals surface area (Å²) < 4.78 is 0. The molecule has 2 aliphatic rings. The number of amides is 1. The third-order valence-corrected chi connectivity index (χ3v) is 4.08. The zero-order valence-electron chi connectivity index (χ0n) is 10.2. The van der Waals surface area contributed by atoms with Crippen molar-refractivity contribution in [1.82, 2.24) is 4.90 Å². The molecule has 1 saturated heterocycles. The molecule has 0 aromatic rings. The van der Waals surface area contributed by atoms with Crippen LogP contribution >= 0.6 is 0 Å². The summed E-state index contributed by atoms with van der Waals surface area (Å²) in [4.78, 5) is 13.8. The summed E-state index contributed by atoms with van der Waals surface area (Å²) >= 11 is 0. The van der Waals surface area contributed by atoms with E-state index in [1.165, 1.54) is 6.42 Å². The summed E-state index contributed by atoms with van der Waals surface area (Å²) in [6.45, 7) is 3.62. The summed E-state index contributed by atoms with van der Waals surface area (Å²) in [7, 11) is 0. The molecule has 0 aromatic heterocycles. The highest BCUT2D eigenvalue weighted by molar-refractivity contribution is 5.76. The molecule has 3 heteroatoms. The summed E-state index contributed by atoms with van der Waals surface area (Å²) in [5.41, 5.74) is 0. The van der Waals surface area contributed by atoms with Crippen molar-refractivity contribution in [1.29, 1.82) is 0 Å². The zero-order chi connectivity index (χ0) is 11.5. The molecular weight excluding hydrogens is 202 g/mol. The van der Waals surface area contributed by atoms with E-state index in [4.69, 9.17) is 0 Å². The van der Waals surface area contributed by atoms with Gasteiger partial charge < -0.3 is 10.0 Å². The molecule has 0 spiro atoms. The van der Waals surface area contributed by atoms with Crippen LogP contribution in [0.15, 0.2) is 0 Å². The minimum atomic E-state index is -0.276. The maximum atomic E-state index is 11.9. The lowest BCUT2D eigenvalue weighted by molar-refractivity contribution is -0.132. The number of aliphatic hydroxyl groups is 1. The molecule has 0 aromatic carbocycles. The zero-order valence-corrected chi connectivity index (χ0v) is 10.2. The Hall–Kier alpha value is -0.570. The highest BCUT2D eigenvalue weighted by Gasteiger charge is 2.32. The van der Waals surface area contributed by atoms with Crippen LogP contribution in [0.3, 0.4) is 0 Å². The van der Waals surface area contributed by atoms with Crippen LogP contribution in [0.25, 0.3) is 0 Å². The van der Waals surface area contributed by atoms with Gasteiger partial charge in [-0.25, -0.2) is 0 Å². The summed E-state index contributed by atoms with van der Waals surface area (Å²) in [5, 5.41) is 9.88. The summed E-state index contributed by atoms with van der Waals surface area (Å²) in [6, 6.07) is 0. The Balaban J connectivity index is 1.84. The summed E-state index contributed by atoms with van der Waals surface area (Å²) in [6.07, 6.45) is 6.00. The Labute approximate surface area is 97.8 Å². The highest BCUT2D eigenvalue weighted by atomic mass is 16.3. The maximum absolute atomic E-state index is 11.9. The van der Waals surface area contributed by atoms with Crippen molar-refractivity contribution in [2.24, 2.45) is 11.8 Å². The second-order valence-corrected chi connectivity index (χ2v) is 5.35. The predicted molar refractivity (Wildman–Crippen MR) is 62.9 cm³/mol. The van der Waals surface area contributed by atoms with Gasteiger partial charge in [0.15, 0.2) is 0 Å². The second-order valence-electron chi connectivity index (χ2n) is 5.35. The minimum Gasteiger partial charge on any atom is -0.391 e. The molecule has 1 amide bonds. The molecule has 0 radical (unpaired) electrons. The van der Waals surface area contributed by atoms with Gasteiger partial charge in [-0.2, -0.15) is 0 Å². The molecule has 2 unspecified atom stereocenters. The van der Waals surface area contributed by atoms with E-state index in [0.29, 0.717) is 24.8 Å². The molecule has 1 heterocycles. The van der Waals surface area contributed by atoms with E-state index < -0.39 is 0 Å². The lowest BCUT2D eigenvalue weighted by atomic mass is 9.98. The lowest BCUT2D eigenvalue weighted by Gasteiger charge is -2.23. The van der Waals surface area contributed by atoms with Crippen molar-refractivity contribution < 1.29 is 9.90 Å². The number of β-amino-alcohol motifs (C(OH)–C–C–N with tert-alkyl or cyclic N) is 1. The smallest absolute Gasteiger partial charge is 0.222 e. The van der Waals surface area contributed by atoms with Gasteiger partial charge in [-0.05, 0) is 37.5 Å². The van der Waals surface area contributed by atoms with E-state index in [2.05, 4.69) is 6.92 Å².